The van der Waals surface area contributed by atoms with Crippen LogP contribution in [0, 0.1) is 5.53 Å². The molecule has 0 radical (unpaired) electrons. The molecule has 3 N–H and O–H groups in total. The van der Waals surface area contributed by atoms with Gasteiger partial charge in [0.25, 0.3) is 5.91 Å². The van der Waals surface area contributed by atoms with Gasteiger partial charge in [0.1, 0.15) is 0 Å². The third-order valence-electron chi connectivity index (χ3n) is 1.64. The summed E-state index contributed by atoms with van der Waals surface area (Å²) in [7, 11) is 0. The van der Waals surface area contributed by atoms with Crippen LogP contribution < -0.4 is 10.9 Å². The fourth-order valence-corrected chi connectivity index (χ4v) is 0.928. The van der Waals surface area contributed by atoms with Gasteiger partial charge in [0, 0.05) is 12.1 Å². The van der Waals surface area contributed by atoms with Gasteiger partial charge in [-0.1, -0.05) is 6.92 Å². The minimum atomic E-state index is -0.191. The Morgan fingerprint density at radius 3 is 2.57 bits per heavy atom. The zero-order valence-electron chi connectivity index (χ0n) is 7.87. The minimum absolute atomic E-state index is 0.191. The summed E-state index contributed by atoms with van der Waals surface area (Å²) < 4.78 is 0. The van der Waals surface area contributed by atoms with E-state index in [2.05, 4.69) is 16.0 Å². The highest BCUT2D eigenvalue weighted by molar-refractivity contribution is 5.94. The lowest BCUT2D eigenvalue weighted by atomic mass is 10.2. The molecule has 0 aliphatic carbocycles. The third kappa shape index (κ3) is 2.63. The molecule has 0 aliphatic rings. The maximum Gasteiger partial charge on any atom is 0.265 e. The SMILES string of the molecule is CCNNC(=O)c1ccc(N=N)cc1. The van der Waals surface area contributed by atoms with Crippen molar-refractivity contribution in [1.29, 1.82) is 5.53 Å². The molecule has 0 unspecified atom stereocenters. The average Bonchev–Trinajstić information content (AvgIpc) is 2.26. The first-order valence-corrected chi connectivity index (χ1v) is 4.28. The summed E-state index contributed by atoms with van der Waals surface area (Å²) in [4.78, 5) is 11.4. The first kappa shape index (κ1) is 10.3. The van der Waals surface area contributed by atoms with E-state index in [4.69, 9.17) is 5.53 Å². The van der Waals surface area contributed by atoms with Crippen molar-refractivity contribution in [3.8, 4) is 0 Å². The normalized spacial score (nSPS) is 9.50. The van der Waals surface area contributed by atoms with E-state index < -0.39 is 0 Å². The summed E-state index contributed by atoms with van der Waals surface area (Å²) in [5, 5.41) is 3.24. The fourth-order valence-electron chi connectivity index (χ4n) is 0.928. The summed E-state index contributed by atoms with van der Waals surface area (Å²) >= 11 is 0. The van der Waals surface area contributed by atoms with Crippen LogP contribution >= 0.6 is 0 Å². The van der Waals surface area contributed by atoms with Crippen molar-refractivity contribution in [2.75, 3.05) is 6.54 Å². The van der Waals surface area contributed by atoms with Crippen molar-refractivity contribution in [2.45, 2.75) is 6.92 Å². The Morgan fingerprint density at radius 2 is 2.07 bits per heavy atom. The number of nitrogens with one attached hydrogen (secondary N) is 3. The maximum atomic E-state index is 11.4. The molecule has 1 aromatic carbocycles. The molecule has 0 bridgehead atoms. The zero-order chi connectivity index (χ0) is 10.4. The van der Waals surface area contributed by atoms with Crippen LogP contribution in [0.2, 0.25) is 0 Å². The highest BCUT2D eigenvalue weighted by Gasteiger charge is 2.02. The van der Waals surface area contributed by atoms with E-state index >= 15 is 0 Å². The smallest absolute Gasteiger partial charge is 0.265 e. The molecule has 0 spiro atoms. The topological polar surface area (TPSA) is 77.3 Å². The lowest BCUT2D eigenvalue weighted by Crippen LogP contribution is -2.36. The van der Waals surface area contributed by atoms with E-state index in [0.29, 0.717) is 17.8 Å². The minimum Gasteiger partial charge on any atom is -0.287 e. The highest BCUT2D eigenvalue weighted by atomic mass is 16.2. The summed E-state index contributed by atoms with van der Waals surface area (Å²) in [5.74, 6) is -0.191. The van der Waals surface area contributed by atoms with E-state index in [1.54, 1.807) is 24.3 Å². The molecule has 0 fully saturated rings. The van der Waals surface area contributed by atoms with Gasteiger partial charge >= 0.3 is 0 Å². The molecule has 0 saturated carbocycles. The van der Waals surface area contributed by atoms with Gasteiger partial charge in [-0.05, 0) is 24.3 Å². The summed E-state index contributed by atoms with van der Waals surface area (Å²) in [6.45, 7) is 2.56. The van der Waals surface area contributed by atoms with Crippen LogP contribution in [-0.4, -0.2) is 12.5 Å². The van der Waals surface area contributed by atoms with Gasteiger partial charge in [0.15, 0.2) is 0 Å². The van der Waals surface area contributed by atoms with Gasteiger partial charge in [-0.15, -0.1) is 0 Å². The van der Waals surface area contributed by atoms with E-state index in [-0.39, 0.29) is 5.91 Å². The Kier molecular flexibility index (Phi) is 3.75. The van der Waals surface area contributed by atoms with Crippen molar-refractivity contribution in [1.82, 2.24) is 10.9 Å². The molecule has 0 saturated heterocycles. The van der Waals surface area contributed by atoms with E-state index in [1.807, 2.05) is 6.92 Å². The molecular formula is C9H12N4O. The monoisotopic (exact) mass is 192 g/mol. The largest absolute Gasteiger partial charge is 0.287 e. The molecule has 14 heavy (non-hydrogen) atoms. The Morgan fingerprint density at radius 1 is 1.43 bits per heavy atom. The average molecular weight is 192 g/mol. The second kappa shape index (κ2) is 5.08. The molecule has 5 heteroatoms. The van der Waals surface area contributed by atoms with Crippen molar-refractivity contribution >= 4 is 11.6 Å². The predicted molar refractivity (Wildman–Crippen MR) is 52.4 cm³/mol. The number of hydrogen-bond donors (Lipinski definition) is 3. The van der Waals surface area contributed by atoms with Crippen LogP contribution in [0.4, 0.5) is 5.69 Å². The van der Waals surface area contributed by atoms with Crippen LogP contribution in [0.15, 0.2) is 29.4 Å². The number of amides is 1. The maximum absolute atomic E-state index is 11.4. The van der Waals surface area contributed by atoms with Gasteiger partial charge in [-0.2, -0.15) is 5.11 Å². The molecule has 5 nitrogen and oxygen atoms in total. The van der Waals surface area contributed by atoms with Gasteiger partial charge in [-0.25, -0.2) is 11.0 Å². The fraction of sp³-hybridized carbons (Fsp3) is 0.222. The number of carbonyl (C=O) groups is 1. The van der Waals surface area contributed by atoms with Crippen LogP contribution in [0.1, 0.15) is 17.3 Å². The molecule has 1 rings (SSSR count). The van der Waals surface area contributed by atoms with Gasteiger partial charge in [0.2, 0.25) is 0 Å². The summed E-state index contributed by atoms with van der Waals surface area (Å²) in [5.41, 5.74) is 13.1. The van der Waals surface area contributed by atoms with Crippen LogP contribution in [-0.2, 0) is 0 Å². The van der Waals surface area contributed by atoms with Crippen LogP contribution in [0.25, 0.3) is 0 Å². The number of hydrazine groups is 1. The molecule has 0 atom stereocenters. The van der Waals surface area contributed by atoms with Gasteiger partial charge in [0.05, 0.1) is 5.69 Å². The number of rotatable bonds is 4. The Labute approximate surface area is 82.0 Å². The highest BCUT2D eigenvalue weighted by Crippen LogP contribution is 2.11. The van der Waals surface area contributed by atoms with Crippen LogP contribution in [0.5, 0.6) is 0 Å². The van der Waals surface area contributed by atoms with Crippen LogP contribution in [0.3, 0.4) is 0 Å². The molecule has 0 aliphatic heterocycles. The molecule has 0 aromatic heterocycles. The van der Waals surface area contributed by atoms with Gasteiger partial charge in [-0.3, -0.25) is 10.2 Å². The molecule has 1 aromatic rings. The first-order valence-electron chi connectivity index (χ1n) is 4.28. The lowest BCUT2D eigenvalue weighted by molar-refractivity contribution is 0.0934. The number of hydrogen-bond acceptors (Lipinski definition) is 4. The first-order chi connectivity index (χ1) is 6.77. The Bertz CT molecular complexity index is 320. The quantitative estimate of drug-likeness (QED) is 0.500. The van der Waals surface area contributed by atoms with Crippen molar-refractivity contribution in [2.24, 2.45) is 5.11 Å². The van der Waals surface area contributed by atoms with Crippen molar-refractivity contribution < 1.29 is 4.79 Å². The standard InChI is InChI=1S/C9H12N4O/c1-2-11-13-9(14)7-3-5-8(12-10)6-4-7/h3-6,10-11H,2H2,1H3,(H,13,14). The second-order valence-corrected chi connectivity index (χ2v) is 2.64. The predicted octanol–water partition coefficient (Wildman–Crippen LogP) is 1.60. The lowest BCUT2D eigenvalue weighted by Gasteiger charge is -2.04. The van der Waals surface area contributed by atoms with E-state index in [0.717, 1.165) is 0 Å². The van der Waals surface area contributed by atoms with E-state index in [9.17, 15) is 4.79 Å². The summed E-state index contributed by atoms with van der Waals surface area (Å²) in [6, 6.07) is 6.49. The number of benzene rings is 1. The Hall–Kier alpha value is -1.75. The number of nitrogens with zero attached hydrogens (tertiary/aromatic N) is 1. The van der Waals surface area contributed by atoms with Gasteiger partial charge < -0.3 is 0 Å². The number of carbonyl (C=O) groups excluding carboxylic acids is 1. The Balaban J connectivity index is 2.66. The summed E-state index contributed by atoms with van der Waals surface area (Å²) in [6.07, 6.45) is 0. The molecular weight excluding hydrogens is 180 g/mol. The van der Waals surface area contributed by atoms with Crippen molar-refractivity contribution in [3.63, 3.8) is 0 Å². The second-order valence-electron chi connectivity index (χ2n) is 2.64. The molecule has 74 valence electrons. The van der Waals surface area contributed by atoms with Crippen molar-refractivity contribution in [3.05, 3.63) is 29.8 Å². The zero-order valence-corrected chi connectivity index (χ0v) is 7.87. The molecule has 1 amide bonds. The third-order valence-corrected chi connectivity index (χ3v) is 1.64. The van der Waals surface area contributed by atoms with E-state index in [1.165, 1.54) is 0 Å². The molecule has 0 heterocycles.